The van der Waals surface area contributed by atoms with Crippen LogP contribution in [0.15, 0.2) is 18.3 Å². The maximum atomic E-state index is 11.2. The van der Waals surface area contributed by atoms with Gasteiger partial charge in [0.15, 0.2) is 0 Å². The molecule has 0 spiro atoms. The van der Waals surface area contributed by atoms with Crippen LogP contribution in [0.5, 0.6) is 0 Å². The second-order valence-electron chi connectivity index (χ2n) is 3.49. The first-order valence-electron chi connectivity index (χ1n) is 3.77. The Balaban J connectivity index is 0.00000144. The van der Waals surface area contributed by atoms with E-state index in [1.165, 1.54) is 4.57 Å². The molecule has 0 atom stereocenters. The van der Waals surface area contributed by atoms with E-state index in [1.54, 1.807) is 18.3 Å². The Morgan fingerprint density at radius 3 is 2.54 bits per heavy atom. The van der Waals surface area contributed by atoms with Crippen LogP contribution in [0.25, 0.3) is 0 Å². The summed E-state index contributed by atoms with van der Waals surface area (Å²) in [7, 11) is 0. The number of hydrogen-bond donors (Lipinski definition) is 0. The third-order valence-electron chi connectivity index (χ3n) is 1.14. The van der Waals surface area contributed by atoms with E-state index < -0.39 is 11.7 Å². The Kier molecular flexibility index (Phi) is 4.32. The Morgan fingerprint density at radius 2 is 2.15 bits per heavy atom. The van der Waals surface area contributed by atoms with E-state index in [-0.39, 0.29) is 18.9 Å². The molecule has 4 heteroatoms. The second-order valence-corrected chi connectivity index (χ2v) is 3.49. The minimum absolute atomic E-state index is 0. The first-order valence-corrected chi connectivity index (χ1v) is 3.77. The van der Waals surface area contributed by atoms with E-state index in [4.69, 9.17) is 4.74 Å². The zero-order chi connectivity index (χ0) is 9.19. The molecule has 0 aliphatic heterocycles. The normalized spacial score (nSPS) is 10.4. The van der Waals surface area contributed by atoms with Gasteiger partial charge in [-0.15, -0.1) is 0 Å². The number of ether oxygens (including phenoxy) is 1. The van der Waals surface area contributed by atoms with Crippen LogP contribution in [0.3, 0.4) is 0 Å². The van der Waals surface area contributed by atoms with Gasteiger partial charge < -0.3 is 9.30 Å². The minimum atomic E-state index is -0.449. The SMILES string of the molecule is CC(C)(C)OC(=O)[n+]1[c-]cc[cH-]1.[Li+]. The fourth-order valence-corrected chi connectivity index (χ4v) is 0.720. The molecule has 0 amide bonds. The first kappa shape index (κ1) is 12.3. The summed E-state index contributed by atoms with van der Waals surface area (Å²) in [4.78, 5) is 11.2. The van der Waals surface area contributed by atoms with Crippen molar-refractivity contribution in [3.05, 3.63) is 24.5 Å². The van der Waals surface area contributed by atoms with Crippen LogP contribution in [0.1, 0.15) is 20.8 Å². The molecule has 0 unspecified atom stereocenters. The van der Waals surface area contributed by atoms with Crippen LogP contribution in [0.2, 0.25) is 0 Å². The number of rotatable bonds is 0. The molecule has 1 aromatic rings. The number of nitrogens with zero attached hydrogens (tertiary/aromatic N) is 1. The molecule has 66 valence electrons. The zero-order valence-electron chi connectivity index (χ0n) is 8.50. The largest absolute Gasteiger partial charge is 1.00 e. The molecule has 0 N–H and O–H groups in total. The molecule has 0 aliphatic carbocycles. The van der Waals surface area contributed by atoms with Crippen LogP contribution in [-0.4, -0.2) is 11.7 Å². The van der Waals surface area contributed by atoms with Crippen LogP contribution in [0, 0.1) is 6.20 Å². The van der Waals surface area contributed by atoms with Crippen LogP contribution < -0.4 is 23.4 Å². The number of carbonyl (C=O) groups is 1. The molecule has 13 heavy (non-hydrogen) atoms. The van der Waals surface area contributed by atoms with E-state index >= 15 is 0 Å². The van der Waals surface area contributed by atoms with Gasteiger partial charge in [-0.3, -0.25) is 4.79 Å². The van der Waals surface area contributed by atoms with Gasteiger partial charge in [-0.1, -0.05) is 6.20 Å². The third-order valence-corrected chi connectivity index (χ3v) is 1.14. The predicted octanol–water partition coefficient (Wildman–Crippen LogP) is -1.72. The van der Waals surface area contributed by atoms with Crippen LogP contribution in [-0.2, 0) is 4.74 Å². The minimum Gasteiger partial charge on any atom is -0.495 e. The molecule has 0 aromatic carbocycles. The van der Waals surface area contributed by atoms with Gasteiger partial charge in [0.2, 0.25) is 0 Å². The molecule has 0 saturated carbocycles. The summed E-state index contributed by atoms with van der Waals surface area (Å²) in [5.74, 6) is 0. The molecule has 0 bridgehead atoms. The Bertz CT molecular complexity index is 262. The summed E-state index contributed by atoms with van der Waals surface area (Å²) in [5.41, 5.74) is -0.449. The summed E-state index contributed by atoms with van der Waals surface area (Å²) in [6.07, 6.45) is 3.91. The maximum Gasteiger partial charge on any atom is 1.00 e. The molecule has 0 saturated heterocycles. The Hall–Kier alpha value is -0.653. The van der Waals surface area contributed by atoms with E-state index in [1.807, 2.05) is 20.8 Å². The van der Waals surface area contributed by atoms with Crippen molar-refractivity contribution in [2.75, 3.05) is 0 Å². The second kappa shape index (κ2) is 4.55. The van der Waals surface area contributed by atoms with Gasteiger partial charge in [0.05, 0.1) is 5.60 Å². The summed E-state index contributed by atoms with van der Waals surface area (Å²) < 4.78 is 6.36. The van der Waals surface area contributed by atoms with Crippen LogP contribution in [0.4, 0.5) is 4.79 Å². The first-order chi connectivity index (χ1) is 5.49. The average molecular weight is 173 g/mol. The van der Waals surface area contributed by atoms with Gasteiger partial charge in [0.25, 0.3) is 0 Å². The van der Waals surface area contributed by atoms with Gasteiger partial charge in [0.1, 0.15) is 0 Å². The van der Waals surface area contributed by atoms with E-state index in [0.717, 1.165) is 0 Å². The molecular weight excluding hydrogens is 161 g/mol. The van der Waals surface area contributed by atoms with E-state index in [9.17, 15) is 4.79 Å². The standard InChI is InChI=1S/C9H12NO2.Li/c1-9(2,3)12-8(11)10-6-4-5-7-10;/h4-6H,1-3H3;/q-1;+1. The average Bonchev–Trinajstić information content (AvgIpc) is 2.32. The fourth-order valence-electron chi connectivity index (χ4n) is 0.720. The van der Waals surface area contributed by atoms with Gasteiger partial charge >= 0.3 is 25.0 Å². The van der Waals surface area contributed by atoms with Crippen molar-refractivity contribution in [1.29, 1.82) is 0 Å². The van der Waals surface area contributed by atoms with Crippen molar-refractivity contribution in [3.63, 3.8) is 0 Å². The van der Waals surface area contributed by atoms with Gasteiger partial charge in [0, 0.05) is 6.20 Å². The molecule has 0 fully saturated rings. The fraction of sp³-hybridized carbons (Fsp3) is 0.444. The van der Waals surface area contributed by atoms with Crippen molar-refractivity contribution in [1.82, 2.24) is 0 Å². The molecule has 1 heterocycles. The van der Waals surface area contributed by atoms with E-state index in [2.05, 4.69) is 6.20 Å². The summed E-state index contributed by atoms with van der Waals surface area (Å²) >= 11 is 0. The molecular formula is C9H12LiNO2. The third kappa shape index (κ3) is 4.21. The van der Waals surface area contributed by atoms with Crippen molar-refractivity contribution in [2.24, 2.45) is 0 Å². The number of carbonyl (C=O) groups excluding carboxylic acids is 1. The summed E-state index contributed by atoms with van der Waals surface area (Å²) in [5, 5.41) is 0. The molecule has 3 nitrogen and oxygen atoms in total. The molecule has 0 aliphatic rings. The van der Waals surface area contributed by atoms with Crippen molar-refractivity contribution in [2.45, 2.75) is 26.4 Å². The van der Waals surface area contributed by atoms with E-state index in [0.29, 0.717) is 0 Å². The smallest absolute Gasteiger partial charge is 0.495 e. The maximum absolute atomic E-state index is 11.2. The quantitative estimate of drug-likeness (QED) is 0.265. The Labute approximate surface area is 90.2 Å². The van der Waals surface area contributed by atoms with Gasteiger partial charge in [-0.2, -0.15) is 6.07 Å². The molecule has 1 aromatic heterocycles. The number of aromatic nitrogens is 1. The predicted molar refractivity (Wildman–Crippen MR) is 42.7 cm³/mol. The van der Waals surface area contributed by atoms with Gasteiger partial charge in [-0.05, 0) is 20.8 Å². The monoisotopic (exact) mass is 173 g/mol. The zero-order valence-corrected chi connectivity index (χ0v) is 8.50. The summed E-state index contributed by atoms with van der Waals surface area (Å²) in [6, 6.07) is 3.38. The topological polar surface area (TPSA) is 30.2 Å². The number of hydrogen-bond acceptors (Lipinski definition) is 2. The molecule has 0 radical (unpaired) electrons. The summed E-state index contributed by atoms with van der Waals surface area (Å²) in [6.45, 7) is 5.48. The molecule has 1 rings (SSSR count). The van der Waals surface area contributed by atoms with Crippen LogP contribution >= 0.6 is 0 Å². The Morgan fingerprint density at radius 1 is 1.54 bits per heavy atom. The van der Waals surface area contributed by atoms with Crippen molar-refractivity contribution in [3.8, 4) is 0 Å². The van der Waals surface area contributed by atoms with Gasteiger partial charge in [-0.25, -0.2) is 6.07 Å². The van der Waals surface area contributed by atoms with Crippen molar-refractivity contribution < 1.29 is 33.0 Å². The van der Waals surface area contributed by atoms with Crippen molar-refractivity contribution >= 4 is 6.09 Å².